The van der Waals surface area contributed by atoms with E-state index in [-0.39, 0.29) is 11.8 Å². The minimum Gasteiger partial charge on any atom is -0.486 e. The summed E-state index contributed by atoms with van der Waals surface area (Å²) < 4.78 is 11.3. The molecule has 10 heteroatoms. The molecule has 0 saturated carbocycles. The number of hydrogen-bond acceptors (Lipinski definition) is 6. The first-order chi connectivity index (χ1) is 17.4. The first-order valence-electron chi connectivity index (χ1n) is 12.4. The fourth-order valence-electron chi connectivity index (χ4n) is 5.23. The second kappa shape index (κ2) is 11.2. The van der Waals surface area contributed by atoms with E-state index < -0.39 is 12.1 Å². The van der Waals surface area contributed by atoms with Crippen LogP contribution in [0.3, 0.4) is 0 Å². The molecule has 2 saturated heterocycles. The Balaban J connectivity index is 1.31. The van der Waals surface area contributed by atoms with Gasteiger partial charge in [-0.3, -0.25) is 4.79 Å². The highest BCUT2D eigenvalue weighted by atomic mass is 35.5. The lowest BCUT2D eigenvalue weighted by Gasteiger charge is -2.30. The zero-order valence-electron chi connectivity index (χ0n) is 19.9. The Labute approximate surface area is 226 Å². The number of amides is 1. The Kier molecular flexibility index (Phi) is 8.03. The van der Waals surface area contributed by atoms with E-state index in [1.54, 1.807) is 24.3 Å². The molecule has 3 atom stereocenters. The number of halogens is 3. The summed E-state index contributed by atoms with van der Waals surface area (Å²) in [7, 11) is 0. The van der Waals surface area contributed by atoms with Crippen molar-refractivity contribution in [3.05, 3.63) is 51.0 Å². The van der Waals surface area contributed by atoms with Gasteiger partial charge in [0.25, 0.3) is 0 Å². The molecule has 3 heterocycles. The number of nitrogens with one attached hydrogen (secondary N) is 1. The summed E-state index contributed by atoms with van der Waals surface area (Å²) >= 11 is 18.9. The van der Waals surface area contributed by atoms with Gasteiger partial charge in [0.15, 0.2) is 11.5 Å². The van der Waals surface area contributed by atoms with Crippen molar-refractivity contribution in [2.45, 2.75) is 31.4 Å². The zero-order chi connectivity index (χ0) is 25.2. The Hall–Kier alpha value is -1.90. The molecule has 36 heavy (non-hydrogen) atoms. The topological polar surface area (TPSA) is 74.3 Å². The third-order valence-corrected chi connectivity index (χ3v) is 7.95. The molecule has 0 aliphatic carbocycles. The molecule has 0 aromatic heterocycles. The summed E-state index contributed by atoms with van der Waals surface area (Å²) in [5.74, 6) is 0.717. The maximum absolute atomic E-state index is 13.4. The number of carbonyl (C=O) groups excluding carboxylic acids is 1. The van der Waals surface area contributed by atoms with Gasteiger partial charge in [-0.1, -0.05) is 34.8 Å². The second-order valence-corrected chi connectivity index (χ2v) is 10.9. The van der Waals surface area contributed by atoms with E-state index in [2.05, 4.69) is 15.1 Å². The fraction of sp³-hybridized carbons (Fsp3) is 0.500. The van der Waals surface area contributed by atoms with Crippen molar-refractivity contribution in [2.24, 2.45) is 5.92 Å². The van der Waals surface area contributed by atoms with Gasteiger partial charge in [0, 0.05) is 24.7 Å². The molecule has 1 amide bonds. The van der Waals surface area contributed by atoms with Crippen LogP contribution in [-0.2, 0) is 4.79 Å². The van der Waals surface area contributed by atoms with Crippen molar-refractivity contribution in [1.29, 1.82) is 0 Å². The molecule has 1 unspecified atom stereocenters. The minimum absolute atomic E-state index is 0.0746. The summed E-state index contributed by atoms with van der Waals surface area (Å²) in [6, 6.07) is 8.36. The van der Waals surface area contributed by atoms with Gasteiger partial charge in [0.1, 0.15) is 19.3 Å². The predicted octanol–water partition coefficient (Wildman–Crippen LogP) is 4.56. The molecule has 7 nitrogen and oxygen atoms in total. The molecule has 0 radical (unpaired) electrons. The molecule has 2 N–H and O–H groups in total. The van der Waals surface area contributed by atoms with Crippen LogP contribution in [-0.4, -0.2) is 67.9 Å². The number of anilines is 1. The molecule has 3 aliphatic heterocycles. The van der Waals surface area contributed by atoms with Gasteiger partial charge in [-0.05, 0) is 68.2 Å². The van der Waals surface area contributed by atoms with E-state index >= 15 is 0 Å². The Morgan fingerprint density at radius 1 is 1.06 bits per heavy atom. The number of benzene rings is 2. The van der Waals surface area contributed by atoms with Crippen molar-refractivity contribution in [1.82, 2.24) is 10.2 Å². The molecule has 0 bridgehead atoms. The van der Waals surface area contributed by atoms with Crippen LogP contribution in [0.4, 0.5) is 5.69 Å². The quantitative estimate of drug-likeness (QED) is 0.523. The van der Waals surface area contributed by atoms with Crippen LogP contribution in [0, 0.1) is 5.92 Å². The molecule has 3 aliphatic rings. The molecule has 0 spiro atoms. The molecular formula is C26H30Cl3N3O4. The fourth-order valence-corrected chi connectivity index (χ4v) is 6.03. The van der Waals surface area contributed by atoms with Gasteiger partial charge < -0.3 is 29.7 Å². The summed E-state index contributed by atoms with van der Waals surface area (Å²) in [5.41, 5.74) is 1.46. The highest BCUT2D eigenvalue weighted by Gasteiger charge is 2.34. The van der Waals surface area contributed by atoms with E-state index in [0.29, 0.717) is 64.9 Å². The molecule has 194 valence electrons. The van der Waals surface area contributed by atoms with Crippen LogP contribution >= 0.6 is 34.8 Å². The Morgan fingerprint density at radius 2 is 1.83 bits per heavy atom. The summed E-state index contributed by atoms with van der Waals surface area (Å²) in [4.78, 5) is 17.8. The number of nitrogens with zero attached hydrogens (tertiary/aromatic N) is 2. The summed E-state index contributed by atoms with van der Waals surface area (Å²) in [6.07, 6.45) is 1.98. The second-order valence-electron chi connectivity index (χ2n) is 9.62. The normalized spacial score (nSPS) is 21.4. The number of aliphatic hydroxyl groups excluding tert-OH is 1. The van der Waals surface area contributed by atoms with Crippen molar-refractivity contribution in [3.63, 3.8) is 0 Å². The predicted molar refractivity (Wildman–Crippen MR) is 142 cm³/mol. The average Bonchev–Trinajstić information content (AvgIpc) is 3.56. The number of fused-ring (bicyclic) bond motifs is 1. The lowest BCUT2D eigenvalue weighted by atomic mass is 9.99. The van der Waals surface area contributed by atoms with Gasteiger partial charge >= 0.3 is 0 Å². The third-order valence-electron chi connectivity index (χ3n) is 7.13. The van der Waals surface area contributed by atoms with E-state index in [1.807, 2.05) is 6.07 Å². The number of rotatable bonds is 7. The van der Waals surface area contributed by atoms with Gasteiger partial charge in [-0.2, -0.15) is 0 Å². The largest absolute Gasteiger partial charge is 0.486 e. The maximum Gasteiger partial charge on any atom is 0.225 e. The summed E-state index contributed by atoms with van der Waals surface area (Å²) in [5, 5.41) is 16.1. The molecular weight excluding hydrogens is 525 g/mol. The standard InChI is InChI=1S/C26H30Cl3N3O4/c27-18-3-4-22(19(28)13-18)32-8-5-16(14-32)26(34)30-21(15-31-6-1-2-7-31)24(33)17-11-20(29)25-23(12-17)35-9-10-36-25/h3-4,11-13,16,21,24,33H,1-2,5-10,14-15H2,(H,30,34)/t16?,21-,24-/m1/s1. The number of hydrogen-bond donors (Lipinski definition) is 2. The monoisotopic (exact) mass is 553 g/mol. The van der Waals surface area contributed by atoms with Crippen LogP contribution in [0.2, 0.25) is 15.1 Å². The zero-order valence-corrected chi connectivity index (χ0v) is 22.2. The maximum atomic E-state index is 13.4. The van der Waals surface area contributed by atoms with Crippen LogP contribution in [0.5, 0.6) is 11.5 Å². The van der Waals surface area contributed by atoms with Crippen molar-refractivity contribution >= 4 is 46.4 Å². The van der Waals surface area contributed by atoms with Crippen LogP contribution in [0.1, 0.15) is 30.9 Å². The smallest absolute Gasteiger partial charge is 0.225 e. The molecule has 2 aromatic carbocycles. The van der Waals surface area contributed by atoms with Crippen molar-refractivity contribution < 1.29 is 19.4 Å². The van der Waals surface area contributed by atoms with E-state index in [0.717, 1.165) is 38.2 Å². The van der Waals surface area contributed by atoms with Gasteiger partial charge in [0.05, 0.1) is 27.7 Å². The van der Waals surface area contributed by atoms with Crippen LogP contribution in [0.15, 0.2) is 30.3 Å². The number of aliphatic hydroxyl groups is 1. The first-order valence-corrected chi connectivity index (χ1v) is 13.5. The third kappa shape index (κ3) is 5.65. The highest BCUT2D eigenvalue weighted by molar-refractivity contribution is 6.36. The van der Waals surface area contributed by atoms with Crippen molar-refractivity contribution in [2.75, 3.05) is 50.8 Å². The van der Waals surface area contributed by atoms with Gasteiger partial charge in [-0.15, -0.1) is 0 Å². The van der Waals surface area contributed by atoms with Crippen LogP contribution < -0.4 is 19.7 Å². The Bertz CT molecular complexity index is 1110. The lowest BCUT2D eigenvalue weighted by molar-refractivity contribution is -0.126. The highest BCUT2D eigenvalue weighted by Crippen LogP contribution is 2.40. The van der Waals surface area contributed by atoms with Gasteiger partial charge in [-0.25, -0.2) is 0 Å². The molecule has 2 fully saturated rings. The first kappa shape index (κ1) is 25.7. The van der Waals surface area contributed by atoms with E-state index in [9.17, 15) is 9.90 Å². The van der Waals surface area contributed by atoms with Crippen molar-refractivity contribution in [3.8, 4) is 11.5 Å². The van der Waals surface area contributed by atoms with Gasteiger partial charge in [0.2, 0.25) is 5.91 Å². The average molecular weight is 555 g/mol. The number of likely N-dealkylation sites (tertiary alicyclic amines) is 1. The summed E-state index contributed by atoms with van der Waals surface area (Å²) in [6.45, 7) is 4.58. The SMILES string of the molecule is O=C(N[C@H](CN1CCCC1)[C@H](O)c1cc(Cl)c2c(c1)OCCO2)C1CCN(c2ccc(Cl)cc2Cl)C1. The molecule has 5 rings (SSSR count). The lowest BCUT2D eigenvalue weighted by Crippen LogP contribution is -2.48. The Morgan fingerprint density at radius 3 is 2.61 bits per heavy atom. The van der Waals surface area contributed by atoms with E-state index in [1.165, 1.54) is 0 Å². The minimum atomic E-state index is -0.953. The molecule has 2 aromatic rings. The van der Waals surface area contributed by atoms with E-state index in [4.69, 9.17) is 44.3 Å². The number of ether oxygens (including phenoxy) is 2. The number of carbonyl (C=O) groups is 1. The van der Waals surface area contributed by atoms with Crippen LogP contribution in [0.25, 0.3) is 0 Å².